The van der Waals surface area contributed by atoms with E-state index in [9.17, 15) is 9.59 Å². The van der Waals surface area contributed by atoms with Crippen LogP contribution in [-0.2, 0) is 11.2 Å². The van der Waals surface area contributed by atoms with Crippen LogP contribution < -0.4 is 11.0 Å². The highest BCUT2D eigenvalue weighted by Crippen LogP contribution is 2.24. The third-order valence-electron chi connectivity index (χ3n) is 5.70. The molecule has 0 aliphatic carbocycles. The molecule has 4 aromatic rings. The summed E-state index contributed by atoms with van der Waals surface area (Å²) in [6, 6.07) is 28.6. The zero-order chi connectivity index (χ0) is 23.9. The number of rotatable bonds is 8. The Morgan fingerprint density at radius 2 is 1.44 bits per heavy atom. The average Bonchev–Trinajstić information content (AvgIpc) is 3.20. The lowest BCUT2D eigenvalue weighted by Crippen LogP contribution is -2.28. The number of carbonyl (C=O) groups is 1. The van der Waals surface area contributed by atoms with Crippen LogP contribution in [0, 0.1) is 0 Å². The number of nitrogens with zero attached hydrogens (tertiary/aromatic N) is 2. The summed E-state index contributed by atoms with van der Waals surface area (Å²) in [5.41, 5.74) is 6.78. The molecule has 0 radical (unpaired) electrons. The minimum Gasteiger partial charge on any atom is -0.294 e. The molecular formula is C28H28N4O2. The minimum atomic E-state index is -0.513. The number of aromatic amines is 1. The maximum absolute atomic E-state index is 13.3. The Kier molecular flexibility index (Phi) is 7.18. The topological polar surface area (TPSA) is 79.2 Å². The maximum atomic E-state index is 13.3. The summed E-state index contributed by atoms with van der Waals surface area (Å²) in [6.45, 7) is 3.81. The molecule has 0 spiro atoms. The minimum absolute atomic E-state index is 0.187. The first-order valence-electron chi connectivity index (χ1n) is 11.4. The summed E-state index contributed by atoms with van der Waals surface area (Å²) < 4.78 is 1.53. The van der Waals surface area contributed by atoms with Crippen LogP contribution in [0.25, 0.3) is 5.69 Å². The van der Waals surface area contributed by atoms with Crippen molar-refractivity contribution in [1.29, 1.82) is 0 Å². The molecule has 172 valence electrons. The summed E-state index contributed by atoms with van der Waals surface area (Å²) >= 11 is 0. The lowest BCUT2D eigenvalue weighted by molar-refractivity contribution is -0.121. The van der Waals surface area contributed by atoms with Gasteiger partial charge in [0.05, 0.1) is 22.9 Å². The zero-order valence-electron chi connectivity index (χ0n) is 19.4. The van der Waals surface area contributed by atoms with Crippen molar-refractivity contribution in [3.8, 4) is 5.69 Å². The Labute approximate surface area is 199 Å². The van der Waals surface area contributed by atoms with Crippen molar-refractivity contribution in [2.24, 2.45) is 5.10 Å². The lowest BCUT2D eigenvalue weighted by Gasteiger charge is -2.16. The van der Waals surface area contributed by atoms with Gasteiger partial charge in [-0.05, 0) is 36.6 Å². The Balaban J connectivity index is 1.66. The summed E-state index contributed by atoms with van der Waals surface area (Å²) in [6.07, 6.45) is 1.56. The second-order valence-electron chi connectivity index (χ2n) is 8.12. The Morgan fingerprint density at radius 1 is 0.912 bits per heavy atom. The Morgan fingerprint density at radius 3 is 1.97 bits per heavy atom. The highest BCUT2D eigenvalue weighted by Gasteiger charge is 2.23. The molecule has 0 aliphatic heterocycles. The number of hydrazone groups is 1. The van der Waals surface area contributed by atoms with Gasteiger partial charge in [0.25, 0.3) is 11.5 Å². The first-order chi connectivity index (χ1) is 16.6. The molecule has 0 fully saturated rings. The highest BCUT2D eigenvalue weighted by atomic mass is 16.2. The van der Waals surface area contributed by atoms with Crippen LogP contribution in [-0.4, -0.2) is 21.4 Å². The van der Waals surface area contributed by atoms with E-state index in [-0.39, 0.29) is 11.5 Å². The molecule has 34 heavy (non-hydrogen) atoms. The molecule has 1 amide bonds. The number of H-pyrrole nitrogens is 1. The van der Waals surface area contributed by atoms with Crippen LogP contribution in [0.5, 0.6) is 0 Å². The quantitative estimate of drug-likeness (QED) is 0.298. The monoisotopic (exact) mass is 452 g/mol. The number of aromatic nitrogens is 2. The van der Waals surface area contributed by atoms with Gasteiger partial charge in [-0.2, -0.15) is 5.10 Å². The van der Waals surface area contributed by atoms with Gasteiger partial charge < -0.3 is 0 Å². The molecular weight excluding hydrogens is 424 g/mol. The van der Waals surface area contributed by atoms with Crippen LogP contribution in [0.15, 0.2) is 101 Å². The van der Waals surface area contributed by atoms with Gasteiger partial charge in [-0.3, -0.25) is 14.7 Å². The van der Waals surface area contributed by atoms with Gasteiger partial charge >= 0.3 is 0 Å². The van der Waals surface area contributed by atoms with E-state index in [4.69, 9.17) is 0 Å². The van der Waals surface area contributed by atoms with E-state index >= 15 is 0 Å². The van der Waals surface area contributed by atoms with Crippen LogP contribution in [0.3, 0.4) is 0 Å². The fourth-order valence-corrected chi connectivity index (χ4v) is 4.09. The van der Waals surface area contributed by atoms with Crippen molar-refractivity contribution in [2.75, 3.05) is 0 Å². The van der Waals surface area contributed by atoms with Gasteiger partial charge in [0, 0.05) is 5.69 Å². The number of hydrogen-bond acceptors (Lipinski definition) is 3. The molecule has 4 rings (SSSR count). The number of carbonyl (C=O) groups excluding carboxylic acids is 1. The molecule has 1 heterocycles. The fraction of sp³-hybridized carbons (Fsp3) is 0.179. The molecule has 0 unspecified atom stereocenters. The van der Waals surface area contributed by atoms with Crippen molar-refractivity contribution in [3.05, 3.63) is 124 Å². The van der Waals surface area contributed by atoms with E-state index in [0.717, 1.165) is 28.9 Å². The van der Waals surface area contributed by atoms with Gasteiger partial charge in [-0.15, -0.1) is 0 Å². The second kappa shape index (κ2) is 10.6. The predicted octanol–water partition coefficient (Wildman–Crippen LogP) is 4.79. The molecule has 0 atom stereocenters. The molecule has 6 heteroatoms. The first-order valence-corrected chi connectivity index (χ1v) is 11.4. The van der Waals surface area contributed by atoms with E-state index in [0.29, 0.717) is 17.7 Å². The lowest BCUT2D eigenvalue weighted by atomic mass is 9.91. The molecule has 0 saturated heterocycles. The molecule has 0 aliphatic rings. The largest absolute Gasteiger partial charge is 0.294 e. The SMILES string of the molecule is CCCc1[nH]n(-c2ccccc2)c(=O)c1C(C)=NNC(=O)C(c1ccccc1)c1ccccc1. The van der Waals surface area contributed by atoms with Gasteiger partial charge in [0.1, 0.15) is 0 Å². The fourth-order valence-electron chi connectivity index (χ4n) is 4.09. The second-order valence-corrected chi connectivity index (χ2v) is 8.12. The van der Waals surface area contributed by atoms with Gasteiger partial charge in [-0.25, -0.2) is 10.1 Å². The van der Waals surface area contributed by atoms with E-state index in [1.165, 1.54) is 4.68 Å². The molecule has 0 saturated carbocycles. The molecule has 2 N–H and O–H groups in total. The normalized spacial score (nSPS) is 11.6. The van der Waals surface area contributed by atoms with Crippen molar-refractivity contribution < 1.29 is 4.79 Å². The highest BCUT2D eigenvalue weighted by molar-refractivity contribution is 6.00. The van der Waals surface area contributed by atoms with Crippen LogP contribution in [0.1, 0.15) is 48.6 Å². The third kappa shape index (κ3) is 4.91. The number of para-hydroxylation sites is 1. The van der Waals surface area contributed by atoms with Crippen LogP contribution in [0.2, 0.25) is 0 Å². The Bertz CT molecular complexity index is 1280. The summed E-state index contributed by atoms with van der Waals surface area (Å²) in [5, 5.41) is 7.58. The first kappa shape index (κ1) is 23.0. The van der Waals surface area contributed by atoms with E-state index in [1.54, 1.807) is 6.92 Å². The molecule has 6 nitrogen and oxygen atoms in total. The van der Waals surface area contributed by atoms with Crippen molar-refractivity contribution >= 4 is 11.6 Å². The van der Waals surface area contributed by atoms with Crippen molar-refractivity contribution in [1.82, 2.24) is 15.2 Å². The predicted molar refractivity (Wildman–Crippen MR) is 135 cm³/mol. The molecule has 1 aromatic heterocycles. The van der Waals surface area contributed by atoms with Gasteiger partial charge in [-0.1, -0.05) is 92.2 Å². The molecule has 0 bridgehead atoms. The van der Waals surface area contributed by atoms with Crippen LogP contribution >= 0.6 is 0 Å². The summed E-state index contributed by atoms with van der Waals surface area (Å²) in [7, 11) is 0. The number of benzene rings is 3. The smallest absolute Gasteiger partial charge is 0.280 e. The van der Waals surface area contributed by atoms with Crippen molar-refractivity contribution in [2.45, 2.75) is 32.6 Å². The number of hydrogen-bond donors (Lipinski definition) is 2. The standard InChI is InChI=1S/C28H28N4O2/c1-3-13-24-25(28(34)32(31-24)23-18-11-6-12-19-23)20(2)29-30-27(33)26(21-14-7-4-8-15-21)22-16-9-5-10-17-22/h4-12,14-19,26,31H,3,13H2,1-2H3,(H,30,33). The summed E-state index contributed by atoms with van der Waals surface area (Å²) in [4.78, 5) is 26.6. The number of aryl methyl sites for hydroxylation is 1. The Hall–Kier alpha value is -4.19. The number of amides is 1. The zero-order valence-corrected chi connectivity index (χ0v) is 19.4. The van der Waals surface area contributed by atoms with Gasteiger partial charge in [0.2, 0.25) is 0 Å². The number of nitrogens with one attached hydrogen (secondary N) is 2. The van der Waals surface area contributed by atoms with E-state index in [1.807, 2.05) is 91.0 Å². The van der Waals surface area contributed by atoms with E-state index in [2.05, 4.69) is 22.5 Å². The van der Waals surface area contributed by atoms with Gasteiger partial charge in [0.15, 0.2) is 0 Å². The van der Waals surface area contributed by atoms with Crippen LogP contribution in [0.4, 0.5) is 0 Å². The molecule has 3 aromatic carbocycles. The van der Waals surface area contributed by atoms with E-state index < -0.39 is 5.92 Å². The average molecular weight is 453 g/mol. The van der Waals surface area contributed by atoms with Crippen molar-refractivity contribution in [3.63, 3.8) is 0 Å². The summed E-state index contributed by atoms with van der Waals surface area (Å²) in [5.74, 6) is -0.769. The maximum Gasteiger partial charge on any atom is 0.280 e. The third-order valence-corrected chi connectivity index (χ3v) is 5.70.